The van der Waals surface area contributed by atoms with Crippen molar-refractivity contribution in [3.63, 3.8) is 0 Å². The lowest BCUT2D eigenvalue weighted by Gasteiger charge is -2.29. The zero-order valence-electron chi connectivity index (χ0n) is 31.1. The van der Waals surface area contributed by atoms with Gasteiger partial charge < -0.3 is 9.64 Å². The van der Waals surface area contributed by atoms with Crippen LogP contribution in [-0.2, 0) is 4.74 Å². The summed E-state index contributed by atoms with van der Waals surface area (Å²) in [7, 11) is 4.43. The normalized spacial score (nSPS) is 17.0. The van der Waals surface area contributed by atoms with Crippen LogP contribution in [0.4, 0.5) is 0 Å². The van der Waals surface area contributed by atoms with Gasteiger partial charge in [-0.1, -0.05) is 152 Å². The number of hydrogen-bond acceptors (Lipinski definition) is 2. The first-order valence-corrected chi connectivity index (χ1v) is 20.0. The maximum Gasteiger partial charge on any atom is 0.0686 e. The number of ether oxygens (including phenoxy) is 1. The molecule has 45 heavy (non-hydrogen) atoms. The van der Waals surface area contributed by atoms with Crippen LogP contribution in [0.1, 0.15) is 187 Å². The minimum Gasteiger partial charge on any atom is -0.375 e. The van der Waals surface area contributed by atoms with Crippen molar-refractivity contribution in [2.45, 2.75) is 193 Å². The Kier molecular flexibility index (Phi) is 29.3. The van der Waals surface area contributed by atoms with Crippen LogP contribution < -0.4 is 0 Å². The van der Waals surface area contributed by atoms with Crippen LogP contribution in [0.3, 0.4) is 0 Å². The molecule has 0 spiro atoms. The molecule has 0 radical (unpaired) electrons. The van der Waals surface area contributed by atoms with Crippen molar-refractivity contribution in [3.05, 3.63) is 48.6 Å². The molecule has 0 aliphatic carbocycles. The molecule has 0 bridgehead atoms. The van der Waals surface area contributed by atoms with Crippen LogP contribution in [0.5, 0.6) is 0 Å². The Balaban J connectivity index is 2.13. The fourth-order valence-electron chi connectivity index (χ4n) is 6.92. The Hall–Kier alpha value is -1.12. The molecule has 0 aromatic carbocycles. The van der Waals surface area contributed by atoms with Gasteiger partial charge in [0.25, 0.3) is 0 Å². The lowest BCUT2D eigenvalue weighted by atomic mass is 9.84. The highest BCUT2D eigenvalue weighted by Gasteiger charge is 2.39. The quantitative estimate of drug-likeness (QED) is 0.0545. The van der Waals surface area contributed by atoms with Crippen molar-refractivity contribution < 1.29 is 4.74 Å². The minimum atomic E-state index is 0.172. The summed E-state index contributed by atoms with van der Waals surface area (Å²) >= 11 is 0. The van der Waals surface area contributed by atoms with Crippen LogP contribution in [0, 0.1) is 5.92 Å². The van der Waals surface area contributed by atoms with E-state index >= 15 is 0 Å². The maximum absolute atomic E-state index is 6.65. The van der Waals surface area contributed by atoms with Gasteiger partial charge in [-0.2, -0.15) is 0 Å². The van der Waals surface area contributed by atoms with Crippen molar-refractivity contribution >= 4 is 0 Å². The molecule has 0 aromatic heterocycles. The van der Waals surface area contributed by atoms with Gasteiger partial charge in [0, 0.05) is 6.54 Å². The van der Waals surface area contributed by atoms with Crippen LogP contribution in [0.2, 0.25) is 0 Å². The van der Waals surface area contributed by atoms with Gasteiger partial charge in [0.15, 0.2) is 0 Å². The molecule has 1 saturated heterocycles. The van der Waals surface area contributed by atoms with Crippen molar-refractivity contribution in [3.8, 4) is 0 Å². The van der Waals surface area contributed by atoms with Crippen LogP contribution >= 0.6 is 0 Å². The smallest absolute Gasteiger partial charge is 0.0686 e. The highest BCUT2D eigenvalue weighted by atomic mass is 16.5. The molecule has 1 unspecified atom stereocenters. The lowest BCUT2D eigenvalue weighted by Crippen LogP contribution is -2.29. The molecule has 1 rings (SSSR count). The van der Waals surface area contributed by atoms with Crippen molar-refractivity contribution in [1.29, 1.82) is 0 Å². The van der Waals surface area contributed by atoms with E-state index < -0.39 is 0 Å². The largest absolute Gasteiger partial charge is 0.375 e. The molecule has 1 aliphatic rings. The first-order valence-electron chi connectivity index (χ1n) is 20.0. The van der Waals surface area contributed by atoms with E-state index in [2.05, 4.69) is 81.5 Å². The second kappa shape index (κ2) is 31.5. The number of hydrogen-bond donors (Lipinski definition) is 0. The lowest BCUT2D eigenvalue weighted by molar-refractivity contribution is -0.0143. The third kappa shape index (κ3) is 26.6. The molecule has 0 saturated carbocycles. The summed E-state index contributed by atoms with van der Waals surface area (Å²) in [4.78, 5) is 2.35. The van der Waals surface area contributed by atoms with Gasteiger partial charge in [-0.3, -0.25) is 0 Å². The number of unbranched alkanes of at least 4 members (excludes halogenated alkanes) is 18. The monoisotopic (exact) mass is 626 g/mol. The van der Waals surface area contributed by atoms with Gasteiger partial charge in [0.1, 0.15) is 0 Å². The zero-order valence-corrected chi connectivity index (χ0v) is 31.1. The van der Waals surface area contributed by atoms with Gasteiger partial charge in [-0.05, 0) is 103 Å². The average molecular weight is 626 g/mol. The third-order valence-corrected chi connectivity index (χ3v) is 9.58. The third-order valence-electron chi connectivity index (χ3n) is 9.58. The van der Waals surface area contributed by atoms with Gasteiger partial charge in [0.2, 0.25) is 0 Å². The summed E-state index contributed by atoms with van der Waals surface area (Å²) in [6.45, 7) is 6.70. The fraction of sp³-hybridized carbons (Fsp3) is 0.814. The summed E-state index contributed by atoms with van der Waals surface area (Å²) < 4.78 is 6.65. The van der Waals surface area contributed by atoms with E-state index in [9.17, 15) is 0 Å². The fourth-order valence-corrected chi connectivity index (χ4v) is 6.92. The Bertz CT molecular complexity index is 684. The molecule has 2 nitrogen and oxygen atoms in total. The molecule has 1 fully saturated rings. The molecule has 1 atom stereocenters. The van der Waals surface area contributed by atoms with Gasteiger partial charge >= 0.3 is 0 Å². The van der Waals surface area contributed by atoms with E-state index in [4.69, 9.17) is 4.74 Å². The highest BCUT2D eigenvalue weighted by molar-refractivity contribution is 4.94. The summed E-state index contributed by atoms with van der Waals surface area (Å²) in [5.74, 6) is 0.717. The molecule has 2 heteroatoms. The van der Waals surface area contributed by atoms with Crippen molar-refractivity contribution in [1.82, 2.24) is 4.90 Å². The SMILES string of the molecule is CCCCC/C=C\C/C=C\CCCCCCCCC1(CCCCCCCC/C=C\C/C=C\CCCCC)CC(CN(C)C)CO1. The zero-order chi connectivity index (χ0) is 32.5. The van der Waals surface area contributed by atoms with E-state index in [0.29, 0.717) is 5.92 Å². The molecular formula is C43H79NO. The van der Waals surface area contributed by atoms with Gasteiger partial charge in [-0.25, -0.2) is 0 Å². The van der Waals surface area contributed by atoms with E-state index in [1.54, 1.807) is 0 Å². The Morgan fingerprint density at radius 3 is 1.29 bits per heavy atom. The Morgan fingerprint density at radius 1 is 0.511 bits per heavy atom. The molecular weight excluding hydrogens is 546 g/mol. The van der Waals surface area contributed by atoms with E-state index in [1.165, 1.54) is 167 Å². The first kappa shape index (κ1) is 41.9. The summed E-state index contributed by atoms with van der Waals surface area (Å²) in [6, 6.07) is 0. The van der Waals surface area contributed by atoms with Crippen LogP contribution in [0.25, 0.3) is 0 Å². The minimum absolute atomic E-state index is 0.172. The molecule has 1 heterocycles. The Labute approximate surface area is 283 Å². The topological polar surface area (TPSA) is 12.5 Å². The molecule has 0 N–H and O–H groups in total. The summed E-state index contributed by atoms with van der Waals surface area (Å²) in [5.41, 5.74) is 0.172. The van der Waals surface area contributed by atoms with Gasteiger partial charge in [0.05, 0.1) is 12.2 Å². The Morgan fingerprint density at radius 2 is 0.889 bits per heavy atom. The highest BCUT2D eigenvalue weighted by Crippen LogP contribution is 2.39. The molecule has 0 aromatic rings. The van der Waals surface area contributed by atoms with E-state index in [0.717, 1.165) is 19.4 Å². The average Bonchev–Trinajstić information content (AvgIpc) is 3.42. The number of rotatable bonds is 32. The van der Waals surface area contributed by atoms with Crippen molar-refractivity contribution in [2.24, 2.45) is 5.92 Å². The van der Waals surface area contributed by atoms with Gasteiger partial charge in [-0.15, -0.1) is 0 Å². The number of allylic oxidation sites excluding steroid dienone is 8. The van der Waals surface area contributed by atoms with Crippen LogP contribution in [-0.4, -0.2) is 37.7 Å². The predicted octanol–water partition coefficient (Wildman–Crippen LogP) is 13.7. The predicted molar refractivity (Wildman–Crippen MR) is 203 cm³/mol. The van der Waals surface area contributed by atoms with Crippen LogP contribution in [0.15, 0.2) is 48.6 Å². The second-order valence-corrected chi connectivity index (χ2v) is 14.5. The molecule has 0 amide bonds. The molecule has 1 aliphatic heterocycles. The summed E-state index contributed by atoms with van der Waals surface area (Å²) in [5, 5.41) is 0. The van der Waals surface area contributed by atoms with E-state index in [-0.39, 0.29) is 5.60 Å². The first-order chi connectivity index (χ1) is 22.1. The number of nitrogens with zero attached hydrogens (tertiary/aromatic N) is 1. The summed E-state index contributed by atoms with van der Waals surface area (Å²) in [6.07, 6.45) is 54.6. The standard InChI is InChI=1S/C43H79NO/c1-5-7-9-11-13-15-17-19-21-23-25-27-29-31-33-35-37-43(39-42(41-45-43)40-44(3)4)38-36-34-32-30-28-26-24-22-20-18-16-14-12-10-8-6-2/h13-16,19-22,42H,5-12,17-18,23-41H2,1-4H3/b15-13-,16-14-,21-19-,22-20-. The maximum atomic E-state index is 6.65. The van der Waals surface area contributed by atoms with E-state index in [1.807, 2.05) is 0 Å². The van der Waals surface area contributed by atoms with Crippen molar-refractivity contribution in [2.75, 3.05) is 27.2 Å². The molecule has 262 valence electrons. The second-order valence-electron chi connectivity index (χ2n) is 14.5.